The van der Waals surface area contributed by atoms with Crippen LogP contribution < -0.4 is 0 Å². The second-order valence-electron chi connectivity index (χ2n) is 9.64. The standard InChI is InChI=1S/C26H27ClN4/c1-16-23(17-7-10-20(27)11-8-17)25-29-24(18-6-5-13-28-15-18)21-14-19(26(2,3)4)9-12-22(21)31(25)30-16/h5-8,10-11,13,15,19H,9,12,14H2,1-4H3. The molecule has 0 N–H and O–H groups in total. The van der Waals surface area contributed by atoms with Crippen LogP contribution in [-0.2, 0) is 12.8 Å². The minimum atomic E-state index is 0.257. The van der Waals surface area contributed by atoms with Gasteiger partial charge in [-0.25, -0.2) is 9.50 Å². The van der Waals surface area contributed by atoms with Gasteiger partial charge in [0.05, 0.1) is 11.4 Å². The second kappa shape index (κ2) is 7.45. The van der Waals surface area contributed by atoms with Crippen molar-refractivity contribution < 1.29 is 0 Å². The molecule has 5 heteroatoms. The van der Waals surface area contributed by atoms with Crippen molar-refractivity contribution in [2.24, 2.45) is 11.3 Å². The lowest BCUT2D eigenvalue weighted by Crippen LogP contribution is -2.29. The number of nitrogens with zero attached hydrogens (tertiary/aromatic N) is 4. The van der Waals surface area contributed by atoms with Gasteiger partial charge in [-0.1, -0.05) is 44.5 Å². The maximum atomic E-state index is 6.14. The quantitative estimate of drug-likeness (QED) is 0.361. The SMILES string of the molecule is Cc1nn2c3c(c(-c4cccnc4)nc2c1-c1ccc(Cl)cc1)CC(C(C)(C)C)CC3. The van der Waals surface area contributed by atoms with E-state index in [9.17, 15) is 0 Å². The van der Waals surface area contributed by atoms with Gasteiger partial charge in [-0.15, -0.1) is 0 Å². The van der Waals surface area contributed by atoms with Crippen molar-refractivity contribution in [3.05, 3.63) is 70.8 Å². The van der Waals surface area contributed by atoms with Crippen molar-refractivity contribution >= 4 is 17.2 Å². The zero-order valence-corrected chi connectivity index (χ0v) is 19.2. The third-order valence-electron chi connectivity index (χ3n) is 6.62. The Hall–Kier alpha value is -2.72. The number of benzene rings is 1. The molecule has 0 saturated heterocycles. The van der Waals surface area contributed by atoms with Gasteiger partial charge in [0.2, 0.25) is 0 Å². The molecule has 0 amide bonds. The normalized spacial score (nSPS) is 16.5. The number of hydrogen-bond donors (Lipinski definition) is 0. The summed E-state index contributed by atoms with van der Waals surface area (Å²) < 4.78 is 2.09. The molecule has 1 aliphatic carbocycles. The molecule has 0 fully saturated rings. The lowest BCUT2D eigenvalue weighted by molar-refractivity contribution is 0.214. The monoisotopic (exact) mass is 430 g/mol. The molecular formula is C26H27ClN4. The van der Waals surface area contributed by atoms with E-state index in [4.69, 9.17) is 21.7 Å². The predicted molar refractivity (Wildman–Crippen MR) is 126 cm³/mol. The van der Waals surface area contributed by atoms with Gasteiger partial charge in [0, 0.05) is 39.8 Å². The van der Waals surface area contributed by atoms with Gasteiger partial charge in [0.15, 0.2) is 5.65 Å². The van der Waals surface area contributed by atoms with E-state index in [-0.39, 0.29) is 5.41 Å². The first-order chi connectivity index (χ1) is 14.8. The number of fused-ring (bicyclic) bond motifs is 3. The third kappa shape index (κ3) is 3.53. The topological polar surface area (TPSA) is 43.1 Å². The van der Waals surface area contributed by atoms with E-state index in [0.29, 0.717) is 5.92 Å². The molecule has 4 nitrogen and oxygen atoms in total. The van der Waals surface area contributed by atoms with Crippen LogP contribution in [-0.4, -0.2) is 19.6 Å². The summed E-state index contributed by atoms with van der Waals surface area (Å²) in [5.41, 5.74) is 9.02. The van der Waals surface area contributed by atoms with E-state index in [1.807, 2.05) is 42.7 Å². The van der Waals surface area contributed by atoms with Crippen LogP contribution in [0.1, 0.15) is 44.1 Å². The molecule has 0 bridgehead atoms. The van der Waals surface area contributed by atoms with Crippen LogP contribution in [0.3, 0.4) is 0 Å². The molecule has 0 spiro atoms. The van der Waals surface area contributed by atoms with E-state index in [1.54, 1.807) is 0 Å². The van der Waals surface area contributed by atoms with Crippen LogP contribution in [0.4, 0.5) is 0 Å². The van der Waals surface area contributed by atoms with Crippen LogP contribution in [0.25, 0.3) is 28.0 Å². The highest BCUT2D eigenvalue weighted by molar-refractivity contribution is 6.30. The van der Waals surface area contributed by atoms with E-state index in [0.717, 1.165) is 58.0 Å². The van der Waals surface area contributed by atoms with Crippen molar-refractivity contribution in [1.29, 1.82) is 0 Å². The van der Waals surface area contributed by atoms with Gasteiger partial charge in [0.25, 0.3) is 0 Å². The fraction of sp³-hybridized carbons (Fsp3) is 0.346. The molecule has 0 aliphatic heterocycles. The van der Waals surface area contributed by atoms with Gasteiger partial charge in [-0.2, -0.15) is 5.10 Å². The maximum absolute atomic E-state index is 6.14. The van der Waals surface area contributed by atoms with Gasteiger partial charge < -0.3 is 0 Å². The van der Waals surface area contributed by atoms with Gasteiger partial charge in [0.1, 0.15) is 0 Å². The smallest absolute Gasteiger partial charge is 0.164 e. The van der Waals surface area contributed by atoms with E-state index < -0.39 is 0 Å². The molecule has 158 valence electrons. The predicted octanol–water partition coefficient (Wildman–Crippen LogP) is 6.57. The first kappa shape index (κ1) is 20.2. The van der Waals surface area contributed by atoms with Crippen LogP contribution >= 0.6 is 11.6 Å². The Bertz CT molecular complexity index is 1250. The Balaban J connectivity index is 1.79. The summed E-state index contributed by atoms with van der Waals surface area (Å²) in [5.74, 6) is 0.613. The Kier molecular flexibility index (Phi) is 4.86. The van der Waals surface area contributed by atoms with E-state index >= 15 is 0 Å². The van der Waals surface area contributed by atoms with Crippen LogP contribution in [0.15, 0.2) is 48.8 Å². The average molecular weight is 431 g/mol. The van der Waals surface area contributed by atoms with Crippen molar-refractivity contribution in [1.82, 2.24) is 19.6 Å². The van der Waals surface area contributed by atoms with Crippen molar-refractivity contribution in [3.63, 3.8) is 0 Å². The maximum Gasteiger partial charge on any atom is 0.164 e. The first-order valence-electron chi connectivity index (χ1n) is 10.9. The number of aromatic nitrogens is 4. The zero-order valence-electron chi connectivity index (χ0n) is 18.5. The molecule has 1 aromatic carbocycles. The fourth-order valence-electron chi connectivity index (χ4n) is 4.81. The van der Waals surface area contributed by atoms with Crippen molar-refractivity contribution in [3.8, 4) is 22.4 Å². The van der Waals surface area contributed by atoms with Gasteiger partial charge in [-0.3, -0.25) is 4.98 Å². The molecule has 0 saturated carbocycles. The molecule has 1 aliphatic rings. The third-order valence-corrected chi connectivity index (χ3v) is 6.87. The summed E-state index contributed by atoms with van der Waals surface area (Å²) in [4.78, 5) is 9.60. The average Bonchev–Trinajstić information content (AvgIpc) is 3.09. The summed E-state index contributed by atoms with van der Waals surface area (Å²) in [7, 11) is 0. The number of pyridine rings is 1. The van der Waals surface area contributed by atoms with Gasteiger partial charge in [-0.05, 0) is 67.3 Å². The lowest BCUT2D eigenvalue weighted by Gasteiger charge is -2.35. The Morgan fingerprint density at radius 2 is 1.84 bits per heavy atom. The Morgan fingerprint density at radius 1 is 1.06 bits per heavy atom. The molecule has 1 atom stereocenters. The minimum Gasteiger partial charge on any atom is -0.264 e. The number of aryl methyl sites for hydroxylation is 2. The Morgan fingerprint density at radius 3 is 2.52 bits per heavy atom. The number of rotatable bonds is 2. The van der Waals surface area contributed by atoms with Crippen molar-refractivity contribution in [2.45, 2.75) is 47.0 Å². The van der Waals surface area contributed by atoms with Gasteiger partial charge >= 0.3 is 0 Å². The van der Waals surface area contributed by atoms with Crippen molar-refractivity contribution in [2.75, 3.05) is 0 Å². The molecule has 5 rings (SSSR count). The molecule has 0 radical (unpaired) electrons. The summed E-state index contributed by atoms with van der Waals surface area (Å²) in [6.07, 6.45) is 6.92. The number of halogens is 1. The summed E-state index contributed by atoms with van der Waals surface area (Å²) in [5, 5.41) is 5.68. The highest BCUT2D eigenvalue weighted by atomic mass is 35.5. The molecule has 31 heavy (non-hydrogen) atoms. The van der Waals surface area contributed by atoms with Crippen LogP contribution in [0.5, 0.6) is 0 Å². The molecule has 1 unspecified atom stereocenters. The molecular weight excluding hydrogens is 404 g/mol. The zero-order chi connectivity index (χ0) is 21.8. The van der Waals surface area contributed by atoms with E-state index in [2.05, 4.69) is 43.3 Å². The highest BCUT2D eigenvalue weighted by Gasteiger charge is 2.33. The summed E-state index contributed by atoms with van der Waals surface area (Å²) >= 11 is 6.14. The summed E-state index contributed by atoms with van der Waals surface area (Å²) in [6, 6.07) is 12.0. The first-order valence-corrected chi connectivity index (χ1v) is 11.3. The van der Waals surface area contributed by atoms with Crippen LogP contribution in [0, 0.1) is 18.3 Å². The summed E-state index contributed by atoms with van der Waals surface area (Å²) in [6.45, 7) is 9.09. The van der Waals surface area contributed by atoms with E-state index in [1.165, 1.54) is 11.3 Å². The lowest BCUT2D eigenvalue weighted by atomic mass is 9.71. The highest BCUT2D eigenvalue weighted by Crippen LogP contribution is 2.41. The minimum absolute atomic E-state index is 0.257. The number of hydrogen-bond acceptors (Lipinski definition) is 3. The fourth-order valence-corrected chi connectivity index (χ4v) is 4.94. The largest absolute Gasteiger partial charge is 0.264 e. The van der Waals surface area contributed by atoms with Crippen LogP contribution in [0.2, 0.25) is 5.02 Å². The molecule has 4 aromatic rings. The molecule has 3 heterocycles. The second-order valence-corrected chi connectivity index (χ2v) is 10.1. The molecule has 3 aromatic heterocycles. The Labute approximate surface area is 188 Å².